The van der Waals surface area contributed by atoms with Gasteiger partial charge in [-0.05, 0) is 31.0 Å². The Balaban J connectivity index is 1.81. The molecule has 0 unspecified atom stereocenters. The third-order valence-corrected chi connectivity index (χ3v) is 4.54. The maximum atomic E-state index is 12.1. The Hall–Kier alpha value is -2.45. The molecular formula is C15H16N4O3S. The summed E-state index contributed by atoms with van der Waals surface area (Å²) in [4.78, 5) is 29.0. The molecule has 23 heavy (non-hydrogen) atoms. The molecule has 0 radical (unpaired) electrons. The summed E-state index contributed by atoms with van der Waals surface area (Å²) in [7, 11) is 0. The van der Waals surface area contributed by atoms with Gasteiger partial charge in [-0.25, -0.2) is 9.78 Å². The fourth-order valence-corrected chi connectivity index (χ4v) is 3.63. The van der Waals surface area contributed by atoms with Crippen molar-refractivity contribution in [2.75, 3.05) is 17.2 Å². The maximum absolute atomic E-state index is 12.1. The molecule has 2 aromatic heterocycles. The molecule has 7 nitrogen and oxygen atoms in total. The van der Waals surface area contributed by atoms with Gasteiger partial charge in [0.25, 0.3) is 5.91 Å². The van der Waals surface area contributed by atoms with Crippen molar-refractivity contribution in [1.82, 2.24) is 4.98 Å². The molecule has 120 valence electrons. The highest BCUT2D eigenvalue weighted by molar-refractivity contribution is 7.17. The number of primary amides is 1. The molecule has 0 aromatic carbocycles. The second-order valence-electron chi connectivity index (χ2n) is 5.12. The molecule has 0 aliphatic carbocycles. The van der Waals surface area contributed by atoms with Crippen molar-refractivity contribution in [3.8, 4) is 0 Å². The van der Waals surface area contributed by atoms with Crippen LogP contribution in [0.1, 0.15) is 26.5 Å². The van der Waals surface area contributed by atoms with Crippen LogP contribution in [-0.2, 0) is 17.8 Å². The average Bonchev–Trinajstić information content (AvgIpc) is 2.84. The standard InChI is InChI=1S/C15H16N4O3S/c1-8-3-2-4-11(17-8)18-15(21)19-14-12(13(16)20)9-5-6-22-7-10(9)23-14/h2-4H,5-7H2,1H3,(H2,16,20)(H2,17,18,19,21). The first-order valence-electron chi connectivity index (χ1n) is 7.08. The predicted octanol–water partition coefficient (Wildman–Crippen LogP) is 2.27. The highest BCUT2D eigenvalue weighted by Gasteiger charge is 2.25. The van der Waals surface area contributed by atoms with Crippen LogP contribution in [0.25, 0.3) is 0 Å². The zero-order valence-corrected chi connectivity index (χ0v) is 13.3. The number of hydrogen-bond acceptors (Lipinski definition) is 5. The Labute approximate surface area is 136 Å². The summed E-state index contributed by atoms with van der Waals surface area (Å²) in [6.45, 7) is 2.81. The van der Waals surface area contributed by atoms with Crippen LogP contribution in [0.3, 0.4) is 0 Å². The van der Waals surface area contributed by atoms with Crippen LogP contribution >= 0.6 is 11.3 Å². The van der Waals surface area contributed by atoms with Crippen molar-refractivity contribution in [1.29, 1.82) is 0 Å². The lowest BCUT2D eigenvalue weighted by atomic mass is 10.1. The molecule has 8 heteroatoms. The first-order valence-corrected chi connectivity index (χ1v) is 7.90. The molecule has 0 saturated carbocycles. The van der Waals surface area contributed by atoms with Crippen molar-refractivity contribution < 1.29 is 14.3 Å². The fourth-order valence-electron chi connectivity index (χ4n) is 2.44. The number of nitrogens with zero attached hydrogens (tertiary/aromatic N) is 1. The van der Waals surface area contributed by atoms with Gasteiger partial charge in [-0.15, -0.1) is 11.3 Å². The largest absolute Gasteiger partial charge is 0.376 e. The van der Waals surface area contributed by atoms with Crippen molar-refractivity contribution >= 4 is 34.1 Å². The predicted molar refractivity (Wildman–Crippen MR) is 87.8 cm³/mol. The van der Waals surface area contributed by atoms with E-state index < -0.39 is 11.9 Å². The maximum Gasteiger partial charge on any atom is 0.325 e. The van der Waals surface area contributed by atoms with Gasteiger partial charge in [-0.3, -0.25) is 15.4 Å². The Morgan fingerprint density at radius 2 is 2.17 bits per heavy atom. The molecular weight excluding hydrogens is 316 g/mol. The molecule has 3 amide bonds. The van der Waals surface area contributed by atoms with Crippen molar-refractivity contribution in [2.45, 2.75) is 20.0 Å². The molecule has 0 bridgehead atoms. The van der Waals surface area contributed by atoms with E-state index >= 15 is 0 Å². The minimum atomic E-state index is -0.548. The van der Waals surface area contributed by atoms with Gasteiger partial charge >= 0.3 is 6.03 Å². The topological polar surface area (TPSA) is 106 Å². The van der Waals surface area contributed by atoms with E-state index in [9.17, 15) is 9.59 Å². The molecule has 0 spiro atoms. The Morgan fingerprint density at radius 3 is 2.91 bits per heavy atom. The summed E-state index contributed by atoms with van der Waals surface area (Å²) >= 11 is 1.31. The van der Waals surface area contributed by atoms with Gasteiger partial charge in [0.15, 0.2) is 0 Å². The summed E-state index contributed by atoms with van der Waals surface area (Å²) < 4.78 is 5.38. The molecule has 0 saturated heterocycles. The average molecular weight is 332 g/mol. The van der Waals surface area contributed by atoms with Crippen LogP contribution in [0.15, 0.2) is 18.2 Å². The lowest BCUT2D eigenvalue weighted by Crippen LogP contribution is -2.23. The van der Waals surface area contributed by atoms with Crippen LogP contribution in [0.2, 0.25) is 0 Å². The lowest BCUT2D eigenvalue weighted by molar-refractivity contribution is 0.0991. The number of pyridine rings is 1. The number of rotatable bonds is 3. The summed E-state index contributed by atoms with van der Waals surface area (Å²) in [5, 5.41) is 5.77. The fraction of sp³-hybridized carbons (Fsp3) is 0.267. The molecule has 0 atom stereocenters. The number of ether oxygens (including phenoxy) is 1. The summed E-state index contributed by atoms with van der Waals surface area (Å²) in [6, 6.07) is 4.86. The number of carbonyl (C=O) groups excluding carboxylic acids is 2. The van der Waals surface area contributed by atoms with Gasteiger partial charge in [-0.1, -0.05) is 6.07 Å². The van der Waals surface area contributed by atoms with Gasteiger partial charge in [0.05, 0.1) is 18.8 Å². The van der Waals surface area contributed by atoms with E-state index in [4.69, 9.17) is 10.5 Å². The molecule has 4 N–H and O–H groups in total. The Kier molecular flexibility index (Phi) is 4.26. The minimum Gasteiger partial charge on any atom is -0.376 e. The van der Waals surface area contributed by atoms with Gasteiger partial charge in [0.1, 0.15) is 10.8 Å². The van der Waals surface area contributed by atoms with E-state index in [0.29, 0.717) is 36.0 Å². The van der Waals surface area contributed by atoms with E-state index in [1.54, 1.807) is 12.1 Å². The van der Waals surface area contributed by atoms with Crippen LogP contribution < -0.4 is 16.4 Å². The van der Waals surface area contributed by atoms with Gasteiger partial charge in [-0.2, -0.15) is 0 Å². The Morgan fingerprint density at radius 1 is 1.35 bits per heavy atom. The first kappa shape index (κ1) is 15.4. The van der Waals surface area contributed by atoms with Gasteiger partial charge in [0, 0.05) is 10.6 Å². The third-order valence-electron chi connectivity index (χ3n) is 3.42. The van der Waals surface area contributed by atoms with E-state index in [2.05, 4.69) is 15.6 Å². The monoisotopic (exact) mass is 332 g/mol. The smallest absolute Gasteiger partial charge is 0.325 e. The zero-order valence-electron chi connectivity index (χ0n) is 12.5. The normalized spacial score (nSPS) is 13.3. The number of urea groups is 1. The van der Waals surface area contributed by atoms with Gasteiger partial charge < -0.3 is 10.5 Å². The number of nitrogens with one attached hydrogen (secondary N) is 2. The quantitative estimate of drug-likeness (QED) is 0.801. The summed E-state index contributed by atoms with van der Waals surface area (Å²) in [5.74, 6) is -0.110. The number of carbonyl (C=O) groups is 2. The third kappa shape index (κ3) is 3.33. The lowest BCUT2D eigenvalue weighted by Gasteiger charge is -2.12. The summed E-state index contributed by atoms with van der Waals surface area (Å²) in [6.07, 6.45) is 0.618. The highest BCUT2D eigenvalue weighted by atomic mass is 32.1. The molecule has 2 aromatic rings. The molecule has 1 aliphatic rings. The van der Waals surface area contributed by atoms with Gasteiger partial charge in [0.2, 0.25) is 0 Å². The number of amides is 3. The SMILES string of the molecule is Cc1cccc(NC(=O)Nc2sc3c(c2C(N)=O)CCOC3)n1. The van der Waals surface area contributed by atoms with E-state index in [1.807, 2.05) is 13.0 Å². The molecule has 3 heterocycles. The second kappa shape index (κ2) is 6.35. The van der Waals surface area contributed by atoms with Crippen LogP contribution in [0, 0.1) is 6.92 Å². The second-order valence-corrected chi connectivity index (χ2v) is 6.22. The molecule has 1 aliphatic heterocycles. The van der Waals surface area contributed by atoms with E-state index in [1.165, 1.54) is 11.3 Å². The minimum absolute atomic E-state index is 0.376. The first-order chi connectivity index (χ1) is 11.0. The molecule has 3 rings (SSSR count). The number of anilines is 2. The summed E-state index contributed by atoms with van der Waals surface area (Å²) in [5.41, 5.74) is 7.52. The van der Waals surface area contributed by atoms with Crippen molar-refractivity contribution in [3.05, 3.63) is 39.9 Å². The van der Waals surface area contributed by atoms with Crippen molar-refractivity contribution in [3.63, 3.8) is 0 Å². The van der Waals surface area contributed by atoms with Crippen LogP contribution in [0.5, 0.6) is 0 Å². The highest BCUT2D eigenvalue weighted by Crippen LogP contribution is 2.36. The number of aromatic nitrogens is 1. The van der Waals surface area contributed by atoms with E-state index in [-0.39, 0.29) is 0 Å². The number of thiophene rings is 1. The number of nitrogens with two attached hydrogens (primary N) is 1. The van der Waals surface area contributed by atoms with Crippen LogP contribution in [-0.4, -0.2) is 23.5 Å². The number of fused-ring (bicyclic) bond motifs is 1. The molecule has 0 fully saturated rings. The van der Waals surface area contributed by atoms with Crippen molar-refractivity contribution in [2.24, 2.45) is 5.73 Å². The van der Waals surface area contributed by atoms with Crippen LogP contribution in [0.4, 0.5) is 15.6 Å². The van der Waals surface area contributed by atoms with E-state index in [0.717, 1.165) is 16.1 Å². The number of aryl methyl sites for hydroxylation is 1. The zero-order chi connectivity index (χ0) is 16.4. The Bertz CT molecular complexity index is 772. The number of hydrogen-bond donors (Lipinski definition) is 3.